The van der Waals surface area contributed by atoms with Crippen molar-refractivity contribution >= 4 is 40.6 Å². The predicted octanol–water partition coefficient (Wildman–Crippen LogP) is 5.19. The molecule has 2 rings (SSSR count). The highest BCUT2D eigenvalue weighted by molar-refractivity contribution is 6.31. The summed E-state index contributed by atoms with van der Waals surface area (Å²) in [4.78, 5) is 35.8. The van der Waals surface area contributed by atoms with E-state index in [0.717, 1.165) is 0 Å². The molecule has 0 spiro atoms. The van der Waals surface area contributed by atoms with Crippen molar-refractivity contribution < 1.29 is 14.4 Å². The van der Waals surface area contributed by atoms with Crippen molar-refractivity contribution in [2.75, 3.05) is 0 Å². The Morgan fingerprint density at radius 1 is 0.583 bits per heavy atom. The van der Waals surface area contributed by atoms with Crippen LogP contribution in [-0.4, -0.2) is 17.3 Å². The number of halogens is 2. The molecule has 24 heavy (non-hydrogen) atoms. The number of carbonyl (C=O) groups is 3. The van der Waals surface area contributed by atoms with Gasteiger partial charge in [0.05, 0.1) is 0 Å². The summed E-state index contributed by atoms with van der Waals surface area (Å²) in [7, 11) is 0. The van der Waals surface area contributed by atoms with Gasteiger partial charge in [0, 0.05) is 46.9 Å². The molecule has 124 valence electrons. The molecule has 0 saturated heterocycles. The van der Waals surface area contributed by atoms with Crippen LogP contribution in [0.3, 0.4) is 0 Å². The van der Waals surface area contributed by atoms with Gasteiger partial charge in [0.2, 0.25) is 0 Å². The standard InChI is InChI=1S/C19H16Cl2O3/c20-15-5-1-13(2-6-15)18(23)11-9-17(22)10-12-19(24)14-3-7-16(21)8-4-14/h1-8H,9-12H2. The molecule has 0 unspecified atom stereocenters. The fourth-order valence-corrected chi connectivity index (χ4v) is 2.44. The van der Waals surface area contributed by atoms with Gasteiger partial charge in [-0.15, -0.1) is 0 Å². The lowest BCUT2D eigenvalue weighted by atomic mass is 10.0. The molecule has 0 atom stereocenters. The number of rotatable bonds is 8. The second-order valence-electron chi connectivity index (χ2n) is 5.40. The molecule has 0 bridgehead atoms. The highest BCUT2D eigenvalue weighted by atomic mass is 35.5. The first-order valence-corrected chi connectivity index (χ1v) is 8.30. The smallest absolute Gasteiger partial charge is 0.163 e. The van der Waals surface area contributed by atoms with E-state index in [2.05, 4.69) is 0 Å². The summed E-state index contributed by atoms with van der Waals surface area (Å²) < 4.78 is 0. The van der Waals surface area contributed by atoms with Gasteiger partial charge in [0.15, 0.2) is 11.6 Å². The lowest BCUT2D eigenvalue weighted by Crippen LogP contribution is -2.07. The first kappa shape index (κ1) is 18.4. The van der Waals surface area contributed by atoms with Crippen molar-refractivity contribution in [3.05, 3.63) is 69.7 Å². The maximum atomic E-state index is 12.0. The van der Waals surface area contributed by atoms with Crippen LogP contribution in [-0.2, 0) is 4.79 Å². The number of benzene rings is 2. The van der Waals surface area contributed by atoms with Gasteiger partial charge in [-0.1, -0.05) is 23.2 Å². The molecule has 0 saturated carbocycles. The minimum absolute atomic E-state index is 0.0976. The first-order chi connectivity index (χ1) is 11.5. The van der Waals surface area contributed by atoms with Crippen molar-refractivity contribution in [3.8, 4) is 0 Å². The van der Waals surface area contributed by atoms with Crippen LogP contribution in [0.5, 0.6) is 0 Å². The maximum Gasteiger partial charge on any atom is 0.163 e. The van der Waals surface area contributed by atoms with Crippen LogP contribution in [0.15, 0.2) is 48.5 Å². The lowest BCUT2D eigenvalue weighted by Gasteiger charge is -2.03. The molecule has 0 amide bonds. The molecule has 0 radical (unpaired) electrons. The van der Waals surface area contributed by atoms with E-state index in [4.69, 9.17) is 23.2 Å². The lowest BCUT2D eigenvalue weighted by molar-refractivity contribution is -0.119. The summed E-state index contributed by atoms with van der Waals surface area (Å²) in [6.07, 6.45) is 0.538. The molecule has 0 aliphatic carbocycles. The summed E-state index contributed by atoms with van der Waals surface area (Å²) in [5, 5.41) is 1.12. The van der Waals surface area contributed by atoms with E-state index >= 15 is 0 Å². The molecule has 2 aromatic rings. The zero-order chi connectivity index (χ0) is 17.5. The summed E-state index contributed by atoms with van der Waals surface area (Å²) in [6.45, 7) is 0. The average molecular weight is 363 g/mol. The number of ketones is 3. The molecule has 0 fully saturated rings. The first-order valence-electron chi connectivity index (χ1n) is 7.55. The second kappa shape index (κ2) is 8.76. The molecule has 0 aliphatic heterocycles. The quantitative estimate of drug-likeness (QED) is 0.607. The molecule has 0 heterocycles. The van der Waals surface area contributed by atoms with Crippen LogP contribution in [0.25, 0.3) is 0 Å². The molecule has 0 aromatic heterocycles. The fourth-order valence-electron chi connectivity index (χ4n) is 2.19. The van der Waals surface area contributed by atoms with Gasteiger partial charge in [-0.25, -0.2) is 0 Å². The monoisotopic (exact) mass is 362 g/mol. The molecule has 2 aromatic carbocycles. The third-order valence-electron chi connectivity index (χ3n) is 3.59. The van der Waals surface area contributed by atoms with Gasteiger partial charge < -0.3 is 0 Å². The Morgan fingerprint density at radius 2 is 0.917 bits per heavy atom. The molecular formula is C19H16Cl2O3. The van der Waals surface area contributed by atoms with Crippen LogP contribution in [0.4, 0.5) is 0 Å². The molecule has 0 aliphatic rings. The van der Waals surface area contributed by atoms with Gasteiger partial charge in [-0.2, -0.15) is 0 Å². The largest absolute Gasteiger partial charge is 0.300 e. The van der Waals surface area contributed by atoms with Crippen molar-refractivity contribution in [1.29, 1.82) is 0 Å². The van der Waals surface area contributed by atoms with E-state index in [9.17, 15) is 14.4 Å². The number of hydrogen-bond donors (Lipinski definition) is 0. The van der Waals surface area contributed by atoms with E-state index in [1.165, 1.54) is 0 Å². The van der Waals surface area contributed by atoms with E-state index < -0.39 is 0 Å². The Kier molecular flexibility index (Phi) is 6.71. The fraction of sp³-hybridized carbons (Fsp3) is 0.211. The summed E-state index contributed by atoms with van der Waals surface area (Å²) in [6, 6.07) is 13.1. The zero-order valence-corrected chi connectivity index (χ0v) is 14.4. The second-order valence-corrected chi connectivity index (χ2v) is 6.27. The Bertz CT molecular complexity index is 671. The molecule has 0 N–H and O–H groups in total. The third kappa shape index (κ3) is 5.59. The maximum absolute atomic E-state index is 12.0. The highest BCUT2D eigenvalue weighted by Crippen LogP contribution is 2.14. The summed E-state index contributed by atoms with van der Waals surface area (Å²) >= 11 is 11.5. The Morgan fingerprint density at radius 3 is 1.25 bits per heavy atom. The van der Waals surface area contributed by atoms with Gasteiger partial charge >= 0.3 is 0 Å². The Labute approximate surface area is 150 Å². The van der Waals surface area contributed by atoms with E-state index in [-0.39, 0.29) is 43.0 Å². The topological polar surface area (TPSA) is 51.2 Å². The number of hydrogen-bond acceptors (Lipinski definition) is 3. The summed E-state index contributed by atoms with van der Waals surface area (Å²) in [5.41, 5.74) is 1.06. The van der Waals surface area contributed by atoms with Crippen LogP contribution in [0, 0.1) is 0 Å². The van der Waals surface area contributed by atoms with Crippen LogP contribution < -0.4 is 0 Å². The van der Waals surface area contributed by atoms with Crippen molar-refractivity contribution in [2.45, 2.75) is 25.7 Å². The predicted molar refractivity (Wildman–Crippen MR) is 95.0 cm³/mol. The average Bonchev–Trinajstić information content (AvgIpc) is 2.58. The Balaban J connectivity index is 1.77. The highest BCUT2D eigenvalue weighted by Gasteiger charge is 2.12. The minimum atomic E-state index is -0.107. The number of carbonyl (C=O) groups excluding carboxylic acids is 3. The van der Waals surface area contributed by atoms with Gasteiger partial charge in [0.1, 0.15) is 5.78 Å². The normalized spacial score (nSPS) is 10.4. The van der Waals surface area contributed by atoms with Crippen molar-refractivity contribution in [1.82, 2.24) is 0 Å². The van der Waals surface area contributed by atoms with Crippen LogP contribution >= 0.6 is 23.2 Å². The van der Waals surface area contributed by atoms with Crippen molar-refractivity contribution in [2.24, 2.45) is 0 Å². The number of Topliss-reactive ketones (excluding diaryl/α,β-unsaturated/α-hetero) is 3. The molecule has 5 heteroatoms. The van der Waals surface area contributed by atoms with Gasteiger partial charge in [0.25, 0.3) is 0 Å². The van der Waals surface area contributed by atoms with E-state index in [0.29, 0.717) is 21.2 Å². The zero-order valence-electron chi connectivity index (χ0n) is 12.9. The van der Waals surface area contributed by atoms with E-state index in [1.54, 1.807) is 48.5 Å². The molecular weight excluding hydrogens is 347 g/mol. The minimum Gasteiger partial charge on any atom is -0.300 e. The summed E-state index contributed by atoms with van der Waals surface area (Å²) in [5.74, 6) is -0.312. The van der Waals surface area contributed by atoms with Crippen LogP contribution in [0.2, 0.25) is 10.0 Å². The third-order valence-corrected chi connectivity index (χ3v) is 4.10. The van der Waals surface area contributed by atoms with E-state index in [1.807, 2.05) is 0 Å². The van der Waals surface area contributed by atoms with Crippen LogP contribution in [0.1, 0.15) is 46.4 Å². The van der Waals surface area contributed by atoms with Crippen molar-refractivity contribution in [3.63, 3.8) is 0 Å². The molecule has 3 nitrogen and oxygen atoms in total. The van der Waals surface area contributed by atoms with Gasteiger partial charge in [-0.3, -0.25) is 14.4 Å². The SMILES string of the molecule is O=C(CCC(=O)c1ccc(Cl)cc1)CCC(=O)c1ccc(Cl)cc1. The Hall–Kier alpha value is -1.97. The van der Waals surface area contributed by atoms with Gasteiger partial charge in [-0.05, 0) is 48.5 Å².